The van der Waals surface area contributed by atoms with Crippen LogP contribution in [0.4, 0.5) is 0 Å². The van der Waals surface area contributed by atoms with Crippen LogP contribution in [-0.4, -0.2) is 63.6 Å². The lowest BCUT2D eigenvalue weighted by molar-refractivity contribution is -0.226. The summed E-state index contributed by atoms with van der Waals surface area (Å²) < 4.78 is 48.6. The van der Waals surface area contributed by atoms with Crippen LogP contribution in [0.1, 0.15) is 52.4 Å². The quantitative estimate of drug-likeness (QED) is 0.592. The van der Waals surface area contributed by atoms with E-state index in [0.717, 1.165) is 0 Å². The molecule has 5 atom stereocenters. The van der Waals surface area contributed by atoms with Crippen LogP contribution >= 0.6 is 0 Å². The highest BCUT2D eigenvalue weighted by Gasteiger charge is 2.62. The summed E-state index contributed by atoms with van der Waals surface area (Å²) in [6.45, 7) is 4.75. The van der Waals surface area contributed by atoms with Gasteiger partial charge in [-0.2, -0.15) is 0 Å². The highest BCUT2D eigenvalue weighted by molar-refractivity contribution is 7.92. The number of hydrogen-bond donors (Lipinski definition) is 0. The normalized spacial score (nSPS) is 41.3. The third-order valence-corrected chi connectivity index (χ3v) is 10.3. The summed E-state index contributed by atoms with van der Waals surface area (Å²) in [5, 5.41) is -0.561. The number of hydrogen-bond acceptors (Lipinski definition) is 8. The van der Waals surface area contributed by atoms with Crippen molar-refractivity contribution in [2.45, 2.75) is 69.5 Å². The van der Waals surface area contributed by atoms with Gasteiger partial charge in [-0.1, -0.05) is 13.8 Å². The van der Waals surface area contributed by atoms with Gasteiger partial charge in [0.1, 0.15) is 6.10 Å². The first kappa shape index (κ1) is 23.0. The molecule has 0 aromatic rings. The molecule has 0 aromatic heterocycles. The molecule has 0 aromatic carbocycles. The molecular formula is C22H34O8S. The first-order chi connectivity index (χ1) is 14.7. The first-order valence-electron chi connectivity index (χ1n) is 11.5. The van der Waals surface area contributed by atoms with Crippen LogP contribution in [-0.2, 0) is 38.4 Å². The van der Waals surface area contributed by atoms with E-state index in [0.29, 0.717) is 51.7 Å². The van der Waals surface area contributed by atoms with Gasteiger partial charge in [-0.15, -0.1) is 0 Å². The Labute approximate surface area is 184 Å². The van der Waals surface area contributed by atoms with E-state index in [4.69, 9.17) is 18.9 Å². The maximum atomic E-state index is 13.2. The number of carbonyl (C=O) groups is 2. The third-order valence-electron chi connectivity index (χ3n) is 7.97. The van der Waals surface area contributed by atoms with Gasteiger partial charge in [-0.25, -0.2) is 8.42 Å². The summed E-state index contributed by atoms with van der Waals surface area (Å²) in [5.41, 5.74) is 0. The summed E-state index contributed by atoms with van der Waals surface area (Å²) in [6, 6.07) is 0. The number of fused-ring (bicyclic) bond motifs is 2. The van der Waals surface area contributed by atoms with Crippen molar-refractivity contribution in [3.8, 4) is 0 Å². The maximum absolute atomic E-state index is 13.2. The van der Waals surface area contributed by atoms with Crippen molar-refractivity contribution in [2.24, 2.45) is 29.6 Å². The number of carbonyl (C=O) groups excluding carboxylic acids is 2. The Balaban J connectivity index is 1.47. The van der Waals surface area contributed by atoms with Crippen LogP contribution in [0.25, 0.3) is 0 Å². The van der Waals surface area contributed by atoms with Crippen LogP contribution in [0.3, 0.4) is 0 Å². The fraction of sp³-hybridized carbons (Fsp3) is 0.909. The number of rotatable bonds is 3. The molecule has 2 heterocycles. The number of ether oxygens (including phenoxy) is 4. The molecule has 176 valence electrons. The Morgan fingerprint density at radius 1 is 1.00 bits per heavy atom. The van der Waals surface area contributed by atoms with Gasteiger partial charge in [0.15, 0.2) is 15.6 Å². The van der Waals surface area contributed by atoms with E-state index in [9.17, 15) is 18.0 Å². The lowest BCUT2D eigenvalue weighted by Crippen LogP contribution is -2.62. The summed E-state index contributed by atoms with van der Waals surface area (Å²) in [4.78, 5) is 24.9. The second-order valence-corrected chi connectivity index (χ2v) is 12.0. The molecule has 4 aliphatic rings. The molecule has 9 heteroatoms. The smallest absolute Gasteiger partial charge is 0.309 e. The predicted molar refractivity (Wildman–Crippen MR) is 111 cm³/mol. The van der Waals surface area contributed by atoms with E-state index < -0.39 is 26.8 Å². The molecule has 1 spiro atoms. The number of methoxy groups -OCH3 is 1. The average Bonchev–Trinajstić information content (AvgIpc) is 3.22. The molecule has 0 bridgehead atoms. The van der Waals surface area contributed by atoms with Crippen molar-refractivity contribution in [1.82, 2.24) is 0 Å². The van der Waals surface area contributed by atoms with Crippen LogP contribution in [0, 0.1) is 29.6 Å². The van der Waals surface area contributed by atoms with E-state index in [2.05, 4.69) is 0 Å². The molecule has 4 fully saturated rings. The van der Waals surface area contributed by atoms with Crippen LogP contribution in [0.15, 0.2) is 0 Å². The predicted octanol–water partition coefficient (Wildman–Crippen LogP) is 2.10. The molecular weight excluding hydrogens is 424 g/mol. The van der Waals surface area contributed by atoms with Gasteiger partial charge in [-0.05, 0) is 43.9 Å². The summed E-state index contributed by atoms with van der Waals surface area (Å²) in [6.07, 6.45) is 3.15. The molecule has 2 saturated heterocycles. The molecule has 2 aliphatic heterocycles. The van der Waals surface area contributed by atoms with Crippen molar-refractivity contribution in [3.05, 3.63) is 0 Å². The Bertz CT molecular complexity index is 794. The fourth-order valence-corrected chi connectivity index (χ4v) is 8.98. The zero-order valence-corrected chi connectivity index (χ0v) is 19.4. The lowest BCUT2D eigenvalue weighted by Gasteiger charge is -2.53. The van der Waals surface area contributed by atoms with Gasteiger partial charge in [0.25, 0.3) is 0 Å². The van der Waals surface area contributed by atoms with E-state index in [1.807, 2.05) is 13.8 Å². The minimum absolute atomic E-state index is 0.0593. The fourth-order valence-electron chi connectivity index (χ4n) is 6.42. The summed E-state index contributed by atoms with van der Waals surface area (Å²) in [5.74, 6) is -2.64. The molecule has 0 N–H and O–H groups in total. The van der Waals surface area contributed by atoms with Crippen molar-refractivity contribution < 1.29 is 37.0 Å². The Morgan fingerprint density at radius 3 is 2.26 bits per heavy atom. The number of esters is 2. The molecule has 2 aliphatic carbocycles. The van der Waals surface area contributed by atoms with E-state index in [1.54, 1.807) is 0 Å². The molecule has 0 amide bonds. The maximum Gasteiger partial charge on any atom is 0.309 e. The Morgan fingerprint density at radius 2 is 1.65 bits per heavy atom. The highest BCUT2D eigenvalue weighted by atomic mass is 32.2. The van der Waals surface area contributed by atoms with Crippen LogP contribution in [0.2, 0.25) is 0 Å². The van der Waals surface area contributed by atoms with Crippen LogP contribution in [0.5, 0.6) is 0 Å². The van der Waals surface area contributed by atoms with Gasteiger partial charge in [0.05, 0.1) is 43.2 Å². The summed E-state index contributed by atoms with van der Waals surface area (Å²) in [7, 11) is -1.89. The monoisotopic (exact) mass is 458 g/mol. The van der Waals surface area contributed by atoms with Gasteiger partial charge < -0.3 is 18.9 Å². The number of sulfone groups is 1. The molecule has 8 nitrogen and oxygen atoms in total. The lowest BCUT2D eigenvalue weighted by atomic mass is 9.65. The van der Waals surface area contributed by atoms with Gasteiger partial charge in [0.2, 0.25) is 0 Å². The SMILES string of the molecule is COC(=O)C1CCC(OC(=O)C2CC(C)C3C(C2C)C2(CCS3(=O)=O)OCCO2)CC1. The summed E-state index contributed by atoms with van der Waals surface area (Å²) >= 11 is 0. The Kier molecular flexibility index (Phi) is 6.40. The van der Waals surface area contributed by atoms with Crippen molar-refractivity contribution in [1.29, 1.82) is 0 Å². The molecule has 4 rings (SSSR count). The molecule has 5 unspecified atom stereocenters. The van der Waals surface area contributed by atoms with Crippen LogP contribution < -0.4 is 0 Å². The minimum Gasteiger partial charge on any atom is -0.469 e. The van der Waals surface area contributed by atoms with E-state index >= 15 is 0 Å². The molecule has 31 heavy (non-hydrogen) atoms. The zero-order valence-electron chi connectivity index (χ0n) is 18.6. The zero-order chi connectivity index (χ0) is 22.4. The van der Waals surface area contributed by atoms with Crippen molar-refractivity contribution in [3.63, 3.8) is 0 Å². The van der Waals surface area contributed by atoms with E-state index in [-0.39, 0.29) is 47.5 Å². The molecule has 0 radical (unpaired) electrons. The van der Waals surface area contributed by atoms with Crippen molar-refractivity contribution >= 4 is 21.8 Å². The topological polar surface area (TPSA) is 105 Å². The molecule has 2 saturated carbocycles. The largest absolute Gasteiger partial charge is 0.469 e. The minimum atomic E-state index is -3.28. The third kappa shape index (κ3) is 4.13. The second kappa shape index (κ2) is 8.63. The van der Waals surface area contributed by atoms with Gasteiger partial charge in [-0.3, -0.25) is 9.59 Å². The van der Waals surface area contributed by atoms with E-state index in [1.165, 1.54) is 7.11 Å². The second-order valence-electron chi connectivity index (χ2n) is 9.73. The first-order valence-corrected chi connectivity index (χ1v) is 13.2. The highest BCUT2D eigenvalue weighted by Crippen LogP contribution is 2.53. The van der Waals surface area contributed by atoms with Gasteiger partial charge >= 0.3 is 11.9 Å². The van der Waals surface area contributed by atoms with Gasteiger partial charge in [0, 0.05) is 12.3 Å². The average molecular weight is 459 g/mol. The van der Waals surface area contributed by atoms with Crippen molar-refractivity contribution in [2.75, 3.05) is 26.1 Å². The standard InChI is InChI=1S/C22H34O8S/c1-13-12-17(21(24)30-16-6-4-15(5-7-16)20(23)27-3)14(2)18-19(13)31(25,26)11-8-22(18)28-9-10-29-22/h13-19H,4-12H2,1-3H3. The Hall–Kier alpha value is -1.19.